The summed E-state index contributed by atoms with van der Waals surface area (Å²) < 4.78 is 0. The first-order chi connectivity index (χ1) is 11.0. The van der Waals surface area contributed by atoms with Crippen molar-refractivity contribution < 1.29 is 9.59 Å². The number of hydrogen-bond acceptors (Lipinski definition) is 2. The Kier molecular flexibility index (Phi) is 4.11. The van der Waals surface area contributed by atoms with E-state index in [2.05, 4.69) is 17.2 Å². The predicted molar refractivity (Wildman–Crippen MR) is 90.2 cm³/mol. The molecule has 1 aromatic carbocycles. The van der Waals surface area contributed by atoms with E-state index in [1.54, 1.807) is 0 Å². The third kappa shape index (κ3) is 3.09. The summed E-state index contributed by atoms with van der Waals surface area (Å²) in [7, 11) is 0. The van der Waals surface area contributed by atoms with Gasteiger partial charge in [-0.15, -0.1) is 0 Å². The van der Waals surface area contributed by atoms with Crippen molar-refractivity contribution in [2.24, 2.45) is 11.7 Å². The molecule has 1 heterocycles. The molecule has 0 saturated heterocycles. The monoisotopic (exact) mass is 313 g/mol. The van der Waals surface area contributed by atoms with Crippen LogP contribution in [0, 0.1) is 19.8 Å². The molecule has 0 spiro atoms. The van der Waals surface area contributed by atoms with Gasteiger partial charge in [0.2, 0.25) is 5.91 Å². The molecule has 1 aliphatic rings. The molecule has 1 aliphatic carbocycles. The molecular weight excluding hydrogens is 290 g/mol. The average molecular weight is 313 g/mol. The summed E-state index contributed by atoms with van der Waals surface area (Å²) in [5, 5.41) is 4.17. The minimum atomic E-state index is -0.224. The number of H-pyrrole nitrogens is 1. The first-order valence-corrected chi connectivity index (χ1v) is 8.15. The van der Waals surface area contributed by atoms with Crippen molar-refractivity contribution in [3.05, 3.63) is 35.0 Å². The second kappa shape index (κ2) is 6.07. The van der Waals surface area contributed by atoms with Crippen LogP contribution in [-0.2, 0) is 4.79 Å². The molecule has 122 valence electrons. The molecule has 5 nitrogen and oxygen atoms in total. The number of rotatable bonds is 3. The summed E-state index contributed by atoms with van der Waals surface area (Å²) in [6.45, 7) is 4.09. The van der Waals surface area contributed by atoms with E-state index in [1.165, 1.54) is 5.56 Å². The van der Waals surface area contributed by atoms with Gasteiger partial charge in [0.15, 0.2) is 0 Å². The summed E-state index contributed by atoms with van der Waals surface area (Å²) in [6, 6.07) is 5.87. The van der Waals surface area contributed by atoms with Crippen LogP contribution in [0.3, 0.4) is 0 Å². The molecule has 2 aromatic rings. The van der Waals surface area contributed by atoms with Crippen LogP contribution in [0.1, 0.15) is 47.3 Å². The zero-order chi connectivity index (χ0) is 16.6. The van der Waals surface area contributed by atoms with Crippen LogP contribution in [0.15, 0.2) is 18.2 Å². The number of fused-ring (bicyclic) bond motifs is 1. The minimum absolute atomic E-state index is 0.0371. The topological polar surface area (TPSA) is 88.0 Å². The van der Waals surface area contributed by atoms with Crippen LogP contribution in [0.4, 0.5) is 0 Å². The smallest absolute Gasteiger partial charge is 0.251 e. The van der Waals surface area contributed by atoms with Crippen molar-refractivity contribution in [1.82, 2.24) is 10.3 Å². The summed E-state index contributed by atoms with van der Waals surface area (Å²) in [4.78, 5) is 27.0. The molecule has 1 fully saturated rings. The van der Waals surface area contributed by atoms with E-state index in [0.717, 1.165) is 42.3 Å². The highest BCUT2D eigenvalue weighted by molar-refractivity contribution is 5.99. The number of hydrogen-bond donors (Lipinski definition) is 3. The quantitative estimate of drug-likeness (QED) is 0.813. The highest BCUT2D eigenvalue weighted by atomic mass is 16.2. The molecule has 2 amide bonds. The van der Waals surface area contributed by atoms with Gasteiger partial charge in [-0.25, -0.2) is 0 Å². The molecule has 0 atom stereocenters. The molecule has 0 aliphatic heterocycles. The van der Waals surface area contributed by atoms with Gasteiger partial charge in [0.1, 0.15) is 0 Å². The Labute approximate surface area is 135 Å². The van der Waals surface area contributed by atoms with Gasteiger partial charge in [-0.05, 0) is 63.3 Å². The fourth-order valence-corrected chi connectivity index (χ4v) is 3.39. The summed E-state index contributed by atoms with van der Waals surface area (Å²) >= 11 is 0. The van der Waals surface area contributed by atoms with Gasteiger partial charge >= 0.3 is 0 Å². The second-order valence-corrected chi connectivity index (χ2v) is 6.56. The number of primary amides is 1. The SMILES string of the molecule is Cc1[nH]c2ccc(C(=O)NC3CCC(C(N)=O)CC3)cc2c1C. The van der Waals surface area contributed by atoms with Crippen molar-refractivity contribution in [1.29, 1.82) is 0 Å². The van der Waals surface area contributed by atoms with Crippen molar-refractivity contribution in [3.63, 3.8) is 0 Å². The van der Waals surface area contributed by atoms with Gasteiger partial charge in [0, 0.05) is 34.1 Å². The first-order valence-electron chi connectivity index (χ1n) is 8.15. The number of benzene rings is 1. The van der Waals surface area contributed by atoms with E-state index in [0.29, 0.717) is 5.56 Å². The largest absolute Gasteiger partial charge is 0.369 e. The third-order valence-electron chi connectivity index (χ3n) is 5.04. The lowest BCUT2D eigenvalue weighted by atomic mass is 9.85. The van der Waals surface area contributed by atoms with Gasteiger partial charge in [-0.2, -0.15) is 0 Å². The number of aromatic amines is 1. The molecule has 0 unspecified atom stereocenters. The Morgan fingerprint density at radius 2 is 1.87 bits per heavy atom. The maximum atomic E-state index is 12.5. The number of aromatic nitrogens is 1. The molecule has 1 saturated carbocycles. The zero-order valence-electron chi connectivity index (χ0n) is 13.6. The lowest BCUT2D eigenvalue weighted by molar-refractivity contribution is -0.122. The number of amides is 2. The van der Waals surface area contributed by atoms with E-state index in [9.17, 15) is 9.59 Å². The summed E-state index contributed by atoms with van der Waals surface area (Å²) in [5.41, 5.74) is 9.38. The van der Waals surface area contributed by atoms with Gasteiger partial charge in [-0.3, -0.25) is 9.59 Å². The van der Waals surface area contributed by atoms with Crippen molar-refractivity contribution in [2.45, 2.75) is 45.6 Å². The van der Waals surface area contributed by atoms with Crippen LogP contribution in [0.5, 0.6) is 0 Å². The highest BCUT2D eigenvalue weighted by Gasteiger charge is 2.25. The Balaban J connectivity index is 1.69. The Hall–Kier alpha value is -2.30. The number of aryl methyl sites for hydroxylation is 2. The number of carbonyl (C=O) groups is 2. The standard InChI is InChI=1S/C18H23N3O2/c1-10-11(2)20-16-8-5-13(9-15(10)16)18(23)21-14-6-3-12(4-7-14)17(19)22/h5,8-9,12,14,20H,3-4,6-7H2,1-2H3,(H2,19,22)(H,21,23). The summed E-state index contributed by atoms with van der Waals surface area (Å²) in [6.07, 6.45) is 3.14. The van der Waals surface area contributed by atoms with E-state index >= 15 is 0 Å². The molecule has 1 aromatic heterocycles. The van der Waals surface area contributed by atoms with Crippen molar-refractivity contribution in [3.8, 4) is 0 Å². The number of nitrogens with two attached hydrogens (primary N) is 1. The number of nitrogens with one attached hydrogen (secondary N) is 2. The van der Waals surface area contributed by atoms with Crippen LogP contribution in [0.25, 0.3) is 10.9 Å². The average Bonchev–Trinajstić information content (AvgIpc) is 2.82. The second-order valence-electron chi connectivity index (χ2n) is 6.56. The molecule has 4 N–H and O–H groups in total. The minimum Gasteiger partial charge on any atom is -0.369 e. The van der Waals surface area contributed by atoms with Gasteiger partial charge in [0.25, 0.3) is 5.91 Å². The molecule has 5 heteroatoms. The first kappa shape index (κ1) is 15.6. The van der Waals surface area contributed by atoms with Crippen LogP contribution in [0.2, 0.25) is 0 Å². The fourth-order valence-electron chi connectivity index (χ4n) is 3.39. The predicted octanol–water partition coefficient (Wildman–Crippen LogP) is 2.56. The van der Waals surface area contributed by atoms with Crippen LogP contribution >= 0.6 is 0 Å². The lowest BCUT2D eigenvalue weighted by Gasteiger charge is -2.27. The number of carbonyl (C=O) groups excluding carboxylic acids is 2. The molecule has 3 rings (SSSR count). The van der Waals surface area contributed by atoms with E-state index in [1.807, 2.05) is 25.1 Å². The zero-order valence-corrected chi connectivity index (χ0v) is 13.6. The Morgan fingerprint density at radius 1 is 1.17 bits per heavy atom. The Bertz CT molecular complexity index is 755. The molecule has 0 radical (unpaired) electrons. The maximum absolute atomic E-state index is 12.5. The lowest BCUT2D eigenvalue weighted by Crippen LogP contribution is -2.39. The normalized spacial score (nSPS) is 21.3. The third-order valence-corrected chi connectivity index (χ3v) is 5.04. The molecule has 23 heavy (non-hydrogen) atoms. The molecule has 0 bridgehead atoms. The van der Waals surface area contributed by atoms with Gasteiger partial charge in [-0.1, -0.05) is 0 Å². The maximum Gasteiger partial charge on any atom is 0.251 e. The highest BCUT2D eigenvalue weighted by Crippen LogP contribution is 2.25. The molecular formula is C18H23N3O2. The summed E-state index contributed by atoms with van der Waals surface area (Å²) in [5.74, 6) is -0.309. The van der Waals surface area contributed by atoms with Crippen LogP contribution in [-0.4, -0.2) is 22.8 Å². The van der Waals surface area contributed by atoms with Gasteiger partial charge < -0.3 is 16.0 Å². The van der Waals surface area contributed by atoms with E-state index in [-0.39, 0.29) is 23.8 Å². The fraction of sp³-hybridized carbons (Fsp3) is 0.444. The van der Waals surface area contributed by atoms with E-state index in [4.69, 9.17) is 5.73 Å². The van der Waals surface area contributed by atoms with Crippen molar-refractivity contribution in [2.75, 3.05) is 0 Å². The van der Waals surface area contributed by atoms with Crippen LogP contribution < -0.4 is 11.1 Å². The van der Waals surface area contributed by atoms with Crippen molar-refractivity contribution >= 4 is 22.7 Å². The van der Waals surface area contributed by atoms with E-state index < -0.39 is 0 Å². The van der Waals surface area contributed by atoms with Gasteiger partial charge in [0.05, 0.1) is 0 Å². The Morgan fingerprint density at radius 3 is 2.52 bits per heavy atom.